The molecule has 194 valence electrons. The number of ether oxygens (including phenoxy) is 4. The van der Waals surface area contributed by atoms with Crippen LogP contribution in [0.15, 0.2) is 48.8 Å². The molecule has 1 aromatic heterocycles. The molecule has 1 fully saturated rings. The molecular formula is C26H31F2N3O5. The van der Waals surface area contributed by atoms with Gasteiger partial charge in [-0.3, -0.25) is 4.90 Å². The summed E-state index contributed by atoms with van der Waals surface area (Å²) in [5, 5.41) is 11.1. The summed E-state index contributed by atoms with van der Waals surface area (Å²) in [6, 6.07) is 8.66. The maximum atomic E-state index is 13.5. The Balaban J connectivity index is 1.36. The molecule has 0 saturated carbocycles. The van der Waals surface area contributed by atoms with Crippen LogP contribution in [0.5, 0.6) is 17.2 Å². The van der Waals surface area contributed by atoms with Gasteiger partial charge in [0.05, 0.1) is 26.9 Å². The fraction of sp³-hybridized carbons (Fsp3) is 0.423. The molecule has 10 heteroatoms. The van der Waals surface area contributed by atoms with E-state index in [9.17, 15) is 13.9 Å². The molecule has 4 rings (SSSR count). The summed E-state index contributed by atoms with van der Waals surface area (Å²) in [5.41, 5.74) is -0.375. The van der Waals surface area contributed by atoms with Crippen LogP contribution in [0.1, 0.15) is 11.4 Å². The van der Waals surface area contributed by atoms with E-state index < -0.39 is 17.2 Å². The number of β-amino-alcohol motifs (C(OH)–C–C–N with tert-alkyl or cyclic N) is 1. The molecule has 0 spiro atoms. The molecule has 1 aliphatic rings. The monoisotopic (exact) mass is 503 g/mol. The van der Waals surface area contributed by atoms with E-state index in [0.29, 0.717) is 44.3 Å². The van der Waals surface area contributed by atoms with Gasteiger partial charge in [-0.25, -0.2) is 13.8 Å². The second-order valence-corrected chi connectivity index (χ2v) is 8.88. The van der Waals surface area contributed by atoms with Crippen LogP contribution in [0.2, 0.25) is 0 Å². The molecule has 3 aromatic rings. The van der Waals surface area contributed by atoms with Crippen LogP contribution in [-0.4, -0.2) is 71.8 Å². The van der Waals surface area contributed by atoms with Gasteiger partial charge in [0, 0.05) is 50.2 Å². The van der Waals surface area contributed by atoms with E-state index in [4.69, 9.17) is 18.9 Å². The lowest BCUT2D eigenvalue weighted by molar-refractivity contribution is -0.0647. The average molecular weight is 504 g/mol. The van der Waals surface area contributed by atoms with Crippen molar-refractivity contribution in [3.8, 4) is 17.2 Å². The van der Waals surface area contributed by atoms with Crippen molar-refractivity contribution in [2.45, 2.75) is 25.6 Å². The molecule has 0 unspecified atom stereocenters. The van der Waals surface area contributed by atoms with Gasteiger partial charge in [-0.15, -0.1) is 0 Å². The number of nitrogens with zero attached hydrogens (tertiary/aromatic N) is 3. The van der Waals surface area contributed by atoms with E-state index in [2.05, 4.69) is 4.98 Å². The number of rotatable bonds is 10. The Bertz CT molecular complexity index is 1140. The number of benzene rings is 2. The van der Waals surface area contributed by atoms with Crippen molar-refractivity contribution in [3.05, 3.63) is 71.8 Å². The van der Waals surface area contributed by atoms with Crippen molar-refractivity contribution < 1.29 is 32.8 Å². The molecule has 36 heavy (non-hydrogen) atoms. The standard InChI is InChI=1S/C26H31F2N3O5/c1-19-29-5-6-31(19)8-10-35-24-4-3-20(11-25(24)33-2)15-30-7-9-34-17-26(32,16-30)18-36-23-13-21(27)12-22(28)14-23/h3-6,11-14,32H,7-10,15-18H2,1-2H3/t26-/m0/s1. The van der Waals surface area contributed by atoms with Gasteiger partial charge in [0.1, 0.15) is 42.0 Å². The number of hydrogen-bond donors (Lipinski definition) is 1. The summed E-state index contributed by atoms with van der Waals surface area (Å²) >= 11 is 0. The molecule has 2 heterocycles. The molecular weight excluding hydrogens is 472 g/mol. The van der Waals surface area contributed by atoms with E-state index in [1.54, 1.807) is 13.3 Å². The Hall–Kier alpha value is -3.21. The van der Waals surface area contributed by atoms with Crippen LogP contribution >= 0.6 is 0 Å². The Morgan fingerprint density at radius 1 is 1.11 bits per heavy atom. The lowest BCUT2D eigenvalue weighted by atomic mass is 10.1. The van der Waals surface area contributed by atoms with Gasteiger partial charge < -0.3 is 28.6 Å². The summed E-state index contributed by atoms with van der Waals surface area (Å²) < 4.78 is 51.5. The predicted molar refractivity (Wildman–Crippen MR) is 128 cm³/mol. The van der Waals surface area contributed by atoms with Crippen LogP contribution in [0.4, 0.5) is 8.78 Å². The van der Waals surface area contributed by atoms with Crippen molar-refractivity contribution in [3.63, 3.8) is 0 Å². The summed E-state index contributed by atoms with van der Waals surface area (Å²) in [6.07, 6.45) is 3.67. The number of aliphatic hydroxyl groups is 1. The number of aromatic nitrogens is 2. The van der Waals surface area contributed by atoms with E-state index in [1.807, 2.05) is 40.8 Å². The Labute approximate surface area is 209 Å². The van der Waals surface area contributed by atoms with Gasteiger partial charge in [-0.1, -0.05) is 6.07 Å². The van der Waals surface area contributed by atoms with E-state index in [0.717, 1.165) is 29.6 Å². The third kappa shape index (κ3) is 6.93. The highest BCUT2D eigenvalue weighted by Gasteiger charge is 2.33. The molecule has 0 radical (unpaired) electrons. The van der Waals surface area contributed by atoms with Gasteiger partial charge in [0.15, 0.2) is 11.5 Å². The number of hydrogen-bond acceptors (Lipinski definition) is 7. The minimum absolute atomic E-state index is 0.0141. The SMILES string of the molecule is COc1cc(CN2CCOC[C@](O)(COc3cc(F)cc(F)c3)C2)ccc1OCCn1ccnc1C. The normalized spacial score (nSPS) is 18.6. The smallest absolute Gasteiger partial charge is 0.161 e. The quantitative estimate of drug-likeness (QED) is 0.455. The van der Waals surface area contributed by atoms with Crippen LogP contribution in [-0.2, 0) is 17.8 Å². The maximum Gasteiger partial charge on any atom is 0.161 e. The zero-order chi connectivity index (χ0) is 25.5. The number of methoxy groups -OCH3 is 1. The summed E-state index contributed by atoms with van der Waals surface area (Å²) in [5.74, 6) is 0.719. The van der Waals surface area contributed by atoms with Gasteiger partial charge in [0.25, 0.3) is 0 Å². The van der Waals surface area contributed by atoms with Gasteiger partial charge in [-0.2, -0.15) is 0 Å². The minimum atomic E-state index is -1.35. The largest absolute Gasteiger partial charge is 0.493 e. The summed E-state index contributed by atoms with van der Waals surface area (Å²) in [4.78, 5) is 6.25. The number of halogens is 2. The molecule has 0 aliphatic carbocycles. The number of imidazole rings is 1. The lowest BCUT2D eigenvalue weighted by Crippen LogP contribution is -2.48. The first-order valence-corrected chi connectivity index (χ1v) is 11.7. The first-order valence-electron chi connectivity index (χ1n) is 11.7. The van der Waals surface area contributed by atoms with Crippen molar-refractivity contribution in [1.82, 2.24) is 14.5 Å². The van der Waals surface area contributed by atoms with Crippen LogP contribution < -0.4 is 14.2 Å². The van der Waals surface area contributed by atoms with Crippen molar-refractivity contribution in [2.75, 3.05) is 46.6 Å². The maximum absolute atomic E-state index is 13.5. The molecule has 1 saturated heterocycles. The van der Waals surface area contributed by atoms with E-state index in [1.165, 1.54) is 0 Å². The second-order valence-electron chi connectivity index (χ2n) is 8.88. The van der Waals surface area contributed by atoms with Crippen LogP contribution in [0.3, 0.4) is 0 Å². The zero-order valence-corrected chi connectivity index (χ0v) is 20.5. The van der Waals surface area contributed by atoms with Crippen LogP contribution in [0, 0.1) is 18.6 Å². The molecule has 0 bridgehead atoms. The summed E-state index contributed by atoms with van der Waals surface area (Å²) in [7, 11) is 1.59. The molecule has 2 aromatic carbocycles. The van der Waals surface area contributed by atoms with Crippen LogP contribution in [0.25, 0.3) is 0 Å². The molecule has 1 aliphatic heterocycles. The van der Waals surface area contributed by atoms with E-state index in [-0.39, 0.29) is 25.5 Å². The third-order valence-corrected chi connectivity index (χ3v) is 5.93. The predicted octanol–water partition coefficient (Wildman–Crippen LogP) is 3.20. The van der Waals surface area contributed by atoms with E-state index >= 15 is 0 Å². The molecule has 8 nitrogen and oxygen atoms in total. The average Bonchev–Trinajstić information content (AvgIpc) is 3.15. The Morgan fingerprint density at radius 3 is 2.64 bits per heavy atom. The lowest BCUT2D eigenvalue weighted by Gasteiger charge is -2.30. The summed E-state index contributed by atoms with van der Waals surface area (Å²) in [6.45, 7) is 4.79. The first-order chi connectivity index (χ1) is 17.3. The van der Waals surface area contributed by atoms with Crippen molar-refractivity contribution in [1.29, 1.82) is 0 Å². The minimum Gasteiger partial charge on any atom is -0.493 e. The molecule has 1 N–H and O–H groups in total. The second kappa shape index (κ2) is 11.7. The molecule has 0 amide bonds. The Morgan fingerprint density at radius 2 is 1.92 bits per heavy atom. The topological polar surface area (TPSA) is 78.2 Å². The highest BCUT2D eigenvalue weighted by atomic mass is 19.1. The highest BCUT2D eigenvalue weighted by molar-refractivity contribution is 5.43. The fourth-order valence-corrected chi connectivity index (χ4v) is 4.13. The van der Waals surface area contributed by atoms with Gasteiger partial charge in [-0.05, 0) is 24.6 Å². The van der Waals surface area contributed by atoms with Gasteiger partial charge >= 0.3 is 0 Å². The highest BCUT2D eigenvalue weighted by Crippen LogP contribution is 2.29. The van der Waals surface area contributed by atoms with Crippen molar-refractivity contribution >= 4 is 0 Å². The first kappa shape index (κ1) is 25.9. The zero-order valence-electron chi connectivity index (χ0n) is 20.5. The third-order valence-electron chi connectivity index (χ3n) is 5.93. The molecule has 1 atom stereocenters. The van der Waals surface area contributed by atoms with Crippen molar-refractivity contribution in [2.24, 2.45) is 0 Å². The Kier molecular flexibility index (Phi) is 8.40. The van der Waals surface area contributed by atoms with Gasteiger partial charge in [0.2, 0.25) is 0 Å². The number of aryl methyl sites for hydroxylation is 1. The fourth-order valence-electron chi connectivity index (χ4n) is 4.13.